The Morgan fingerprint density at radius 1 is 0.538 bits per heavy atom. The molecular formula is C61H48N4. The number of nitrogens with zero attached hydrogens (tertiary/aromatic N) is 2. The lowest BCUT2D eigenvalue weighted by Gasteiger charge is -2.34. The number of fused-ring (bicyclic) bond motifs is 6. The number of para-hydroxylation sites is 1. The highest BCUT2D eigenvalue weighted by atomic mass is 15.2. The number of anilines is 2. The molecule has 3 aliphatic carbocycles. The van der Waals surface area contributed by atoms with Crippen molar-refractivity contribution in [1.82, 2.24) is 4.57 Å². The second-order valence-electron chi connectivity index (χ2n) is 17.6. The van der Waals surface area contributed by atoms with Crippen molar-refractivity contribution in [3.8, 4) is 16.8 Å². The average Bonchev–Trinajstić information content (AvgIpc) is 3.89. The van der Waals surface area contributed by atoms with Crippen LogP contribution in [0.4, 0.5) is 11.4 Å². The molecule has 0 amide bonds. The van der Waals surface area contributed by atoms with Gasteiger partial charge in [-0.1, -0.05) is 146 Å². The standard InChI is InChI=1S/C61H48N4/c62-61(63)46-25-16-28-50(33-46)65-58-32-30-45(35-54(58)56-39-48(41-19-8-2-9-20-41)37-52(60(56)65)43-23-12-4-13-24-43)44-29-31-57-53(34-44)55-38-47(40-17-6-1-7-18-40)36-51(42-21-10-3-11-22-42)59(55)64(57)49-26-14-5-15-27-49/h1,3,5-8,10-12,14-39,55,59H,2,4,9,13H2,(H3,62,63). The Balaban J connectivity index is 1.08. The van der Waals surface area contributed by atoms with Gasteiger partial charge in [0.05, 0.1) is 17.1 Å². The lowest BCUT2D eigenvalue weighted by atomic mass is 9.79. The SMILES string of the molecule is N=C(N)c1cccc(-n2c3ccc(-c4ccc5c(c4)C4C=C(c6ccccc6)C=C(c6ccccc6)C4N5c4ccccc4)cc3c3cc(C4=CCCC=C4)cc(C4=CCCC=C4)c32)c1. The first-order chi connectivity index (χ1) is 32.1. The van der Waals surface area contributed by atoms with E-state index in [0.717, 1.165) is 42.4 Å². The van der Waals surface area contributed by atoms with E-state index in [4.69, 9.17) is 11.1 Å². The monoisotopic (exact) mass is 836 g/mol. The third-order valence-electron chi connectivity index (χ3n) is 13.7. The molecule has 1 aliphatic heterocycles. The van der Waals surface area contributed by atoms with Crippen LogP contribution in [0.3, 0.4) is 0 Å². The summed E-state index contributed by atoms with van der Waals surface area (Å²) in [7, 11) is 0. The normalized spacial score (nSPS) is 17.6. The van der Waals surface area contributed by atoms with Gasteiger partial charge in [-0.3, -0.25) is 5.41 Å². The second kappa shape index (κ2) is 16.0. The van der Waals surface area contributed by atoms with Gasteiger partial charge in [0, 0.05) is 44.9 Å². The van der Waals surface area contributed by atoms with Crippen molar-refractivity contribution in [2.24, 2.45) is 5.73 Å². The van der Waals surface area contributed by atoms with Crippen LogP contribution in [0.2, 0.25) is 0 Å². The molecule has 12 rings (SSSR count). The topological polar surface area (TPSA) is 58.0 Å². The summed E-state index contributed by atoms with van der Waals surface area (Å²) in [6, 6.07) is 59.8. The van der Waals surface area contributed by atoms with Gasteiger partial charge in [-0.15, -0.1) is 0 Å². The van der Waals surface area contributed by atoms with Crippen molar-refractivity contribution >= 4 is 61.3 Å². The molecule has 7 aromatic carbocycles. The molecule has 8 aromatic rings. The zero-order valence-corrected chi connectivity index (χ0v) is 36.2. The van der Waals surface area contributed by atoms with Crippen molar-refractivity contribution in [3.05, 3.63) is 246 Å². The Bertz CT molecular complexity index is 3390. The van der Waals surface area contributed by atoms with E-state index >= 15 is 0 Å². The van der Waals surface area contributed by atoms with E-state index in [-0.39, 0.29) is 17.8 Å². The molecule has 4 aliphatic rings. The van der Waals surface area contributed by atoms with Gasteiger partial charge in [-0.2, -0.15) is 0 Å². The number of benzene rings is 7. The lowest BCUT2D eigenvalue weighted by Crippen LogP contribution is -2.32. The predicted molar refractivity (Wildman–Crippen MR) is 274 cm³/mol. The number of nitrogen functional groups attached to an aromatic ring is 1. The van der Waals surface area contributed by atoms with Gasteiger partial charge in [0.1, 0.15) is 5.84 Å². The summed E-state index contributed by atoms with van der Waals surface area (Å²) in [5.74, 6) is 0.171. The molecule has 4 heteroatoms. The highest BCUT2D eigenvalue weighted by Gasteiger charge is 2.43. The van der Waals surface area contributed by atoms with Gasteiger partial charge >= 0.3 is 0 Å². The number of allylic oxidation sites excluding steroid dienone is 10. The molecule has 0 fully saturated rings. The number of nitrogens with two attached hydrogens (primary N) is 1. The van der Waals surface area contributed by atoms with E-state index in [0.29, 0.717) is 5.56 Å². The van der Waals surface area contributed by atoms with Gasteiger partial charge < -0.3 is 15.2 Å². The highest BCUT2D eigenvalue weighted by molar-refractivity contribution is 6.15. The van der Waals surface area contributed by atoms with Crippen molar-refractivity contribution in [3.63, 3.8) is 0 Å². The molecule has 2 atom stereocenters. The Kier molecular flexibility index (Phi) is 9.52. The molecular weight excluding hydrogens is 789 g/mol. The summed E-state index contributed by atoms with van der Waals surface area (Å²) >= 11 is 0. The summed E-state index contributed by atoms with van der Waals surface area (Å²) in [6.07, 6.45) is 23.1. The van der Waals surface area contributed by atoms with Crippen molar-refractivity contribution in [1.29, 1.82) is 5.41 Å². The third-order valence-corrected chi connectivity index (χ3v) is 13.7. The fraction of sp³-hybridized carbons (Fsp3) is 0.0984. The number of hydrogen-bond acceptors (Lipinski definition) is 2. The molecule has 0 bridgehead atoms. The van der Waals surface area contributed by atoms with Crippen LogP contribution in [0.1, 0.15) is 65.0 Å². The number of hydrogen-bond donors (Lipinski definition) is 2. The van der Waals surface area contributed by atoms with E-state index in [1.54, 1.807) is 0 Å². The van der Waals surface area contributed by atoms with E-state index in [9.17, 15) is 0 Å². The number of nitrogens with one attached hydrogen (secondary N) is 1. The second-order valence-corrected chi connectivity index (χ2v) is 17.6. The van der Waals surface area contributed by atoms with Gasteiger partial charge in [0.15, 0.2) is 0 Å². The number of amidine groups is 1. The Hall–Kier alpha value is -7.95. The molecule has 3 N–H and O–H groups in total. The van der Waals surface area contributed by atoms with Gasteiger partial charge in [0.25, 0.3) is 0 Å². The molecule has 65 heavy (non-hydrogen) atoms. The maximum atomic E-state index is 8.36. The van der Waals surface area contributed by atoms with Gasteiger partial charge in [0.2, 0.25) is 0 Å². The predicted octanol–water partition coefficient (Wildman–Crippen LogP) is 15.0. The smallest absolute Gasteiger partial charge is 0.122 e. The van der Waals surface area contributed by atoms with Crippen LogP contribution in [-0.4, -0.2) is 16.4 Å². The molecule has 2 heterocycles. The minimum absolute atomic E-state index is 0.0612. The van der Waals surface area contributed by atoms with E-state index < -0.39 is 0 Å². The fourth-order valence-corrected chi connectivity index (χ4v) is 10.7. The summed E-state index contributed by atoms with van der Waals surface area (Å²) in [5.41, 5.74) is 26.2. The van der Waals surface area contributed by atoms with Crippen molar-refractivity contribution in [2.75, 3.05) is 4.90 Å². The van der Waals surface area contributed by atoms with Crippen LogP contribution in [0, 0.1) is 5.41 Å². The Labute approximate surface area is 380 Å². The molecule has 0 radical (unpaired) electrons. The number of aromatic nitrogens is 1. The maximum Gasteiger partial charge on any atom is 0.122 e. The molecule has 0 spiro atoms. The van der Waals surface area contributed by atoms with Crippen LogP contribution >= 0.6 is 0 Å². The largest absolute Gasteiger partial charge is 0.384 e. The summed E-state index contributed by atoms with van der Waals surface area (Å²) in [4.78, 5) is 2.57. The maximum absolute atomic E-state index is 8.36. The molecule has 312 valence electrons. The highest BCUT2D eigenvalue weighted by Crippen LogP contribution is 2.54. The summed E-state index contributed by atoms with van der Waals surface area (Å²) in [6.45, 7) is 0. The first-order valence-electron chi connectivity index (χ1n) is 22.9. The van der Waals surface area contributed by atoms with Gasteiger partial charge in [-0.05, 0) is 148 Å². The van der Waals surface area contributed by atoms with Crippen molar-refractivity contribution < 1.29 is 0 Å². The fourth-order valence-electron chi connectivity index (χ4n) is 10.7. The van der Waals surface area contributed by atoms with Crippen LogP contribution in [0.25, 0.3) is 60.9 Å². The van der Waals surface area contributed by atoms with Gasteiger partial charge in [-0.25, -0.2) is 0 Å². The first kappa shape index (κ1) is 38.7. The zero-order valence-electron chi connectivity index (χ0n) is 36.2. The molecule has 4 nitrogen and oxygen atoms in total. The molecule has 2 unspecified atom stereocenters. The third kappa shape index (κ3) is 6.72. The first-order valence-corrected chi connectivity index (χ1v) is 22.9. The van der Waals surface area contributed by atoms with Crippen LogP contribution in [0.15, 0.2) is 212 Å². The molecule has 0 saturated heterocycles. The molecule has 1 aromatic heterocycles. The zero-order chi connectivity index (χ0) is 43.4. The quantitative estimate of drug-likeness (QED) is 0.118. The average molecular weight is 837 g/mol. The molecule has 0 saturated carbocycles. The minimum Gasteiger partial charge on any atom is -0.384 e. The van der Waals surface area contributed by atoms with Crippen LogP contribution < -0.4 is 10.6 Å². The Morgan fingerprint density at radius 3 is 1.92 bits per heavy atom. The Morgan fingerprint density at radius 2 is 1.20 bits per heavy atom. The summed E-state index contributed by atoms with van der Waals surface area (Å²) < 4.78 is 2.40. The number of rotatable bonds is 8. The van der Waals surface area contributed by atoms with Crippen LogP contribution in [-0.2, 0) is 0 Å². The van der Waals surface area contributed by atoms with Crippen LogP contribution in [0.5, 0.6) is 0 Å². The van der Waals surface area contributed by atoms with Crippen molar-refractivity contribution in [2.45, 2.75) is 37.6 Å². The summed E-state index contributed by atoms with van der Waals surface area (Å²) in [5, 5.41) is 10.8. The lowest BCUT2D eigenvalue weighted by molar-refractivity contribution is 0.763. The van der Waals surface area contributed by atoms with E-state index in [2.05, 4.69) is 210 Å². The van der Waals surface area contributed by atoms with E-state index in [1.807, 2.05) is 12.1 Å². The van der Waals surface area contributed by atoms with E-state index in [1.165, 1.54) is 83.4 Å². The minimum atomic E-state index is 0.0612.